The van der Waals surface area contributed by atoms with Gasteiger partial charge >= 0.3 is 5.97 Å². The zero-order chi connectivity index (χ0) is 19.7. The summed E-state index contributed by atoms with van der Waals surface area (Å²) in [5.74, 6) is 0.00316. The highest BCUT2D eigenvalue weighted by Crippen LogP contribution is 2.32. The van der Waals surface area contributed by atoms with Crippen molar-refractivity contribution in [1.82, 2.24) is 9.88 Å². The SMILES string of the molecule is COc1cccc(N2CCN([C@H](C(=O)O)c3c[nH]c4ccc(Br)cc34)CC2)c1. The summed E-state index contributed by atoms with van der Waals surface area (Å²) >= 11 is 3.49. The van der Waals surface area contributed by atoms with Crippen molar-refractivity contribution in [3.05, 3.63) is 58.7 Å². The number of hydrogen-bond acceptors (Lipinski definition) is 4. The van der Waals surface area contributed by atoms with Gasteiger partial charge in [0.2, 0.25) is 0 Å². The smallest absolute Gasteiger partial charge is 0.325 e. The van der Waals surface area contributed by atoms with Crippen molar-refractivity contribution in [2.24, 2.45) is 0 Å². The zero-order valence-corrected chi connectivity index (χ0v) is 17.1. The molecule has 0 radical (unpaired) electrons. The number of nitrogens with zero attached hydrogens (tertiary/aromatic N) is 2. The van der Waals surface area contributed by atoms with Crippen molar-refractivity contribution in [1.29, 1.82) is 0 Å². The van der Waals surface area contributed by atoms with Crippen LogP contribution in [-0.2, 0) is 4.79 Å². The van der Waals surface area contributed by atoms with Gasteiger partial charge in [0.15, 0.2) is 0 Å². The highest BCUT2D eigenvalue weighted by atomic mass is 79.9. The van der Waals surface area contributed by atoms with Crippen LogP contribution in [0.4, 0.5) is 5.69 Å². The maximum atomic E-state index is 12.2. The van der Waals surface area contributed by atoms with E-state index in [2.05, 4.69) is 31.9 Å². The van der Waals surface area contributed by atoms with Crippen LogP contribution in [0.1, 0.15) is 11.6 Å². The number of benzene rings is 2. The Morgan fingerprint density at radius 2 is 1.96 bits per heavy atom. The lowest BCUT2D eigenvalue weighted by Gasteiger charge is -2.38. The van der Waals surface area contributed by atoms with Gasteiger partial charge in [-0.25, -0.2) is 0 Å². The minimum absolute atomic E-state index is 0.671. The maximum absolute atomic E-state index is 12.2. The van der Waals surface area contributed by atoms with E-state index in [0.29, 0.717) is 13.1 Å². The molecule has 0 amide bonds. The van der Waals surface area contributed by atoms with Crippen LogP contribution in [0.25, 0.3) is 10.9 Å². The number of carbonyl (C=O) groups is 1. The number of rotatable bonds is 5. The lowest BCUT2D eigenvalue weighted by atomic mass is 10.0. The van der Waals surface area contributed by atoms with Crippen LogP contribution in [0.5, 0.6) is 5.75 Å². The molecular formula is C21H22BrN3O3. The Morgan fingerprint density at radius 3 is 2.68 bits per heavy atom. The van der Waals surface area contributed by atoms with Gasteiger partial charge in [-0.2, -0.15) is 0 Å². The van der Waals surface area contributed by atoms with Crippen molar-refractivity contribution in [3.63, 3.8) is 0 Å². The van der Waals surface area contributed by atoms with Crippen LogP contribution in [0.3, 0.4) is 0 Å². The molecule has 2 heterocycles. The van der Waals surface area contributed by atoms with Gasteiger partial charge in [-0.05, 0) is 30.3 Å². The Hall–Kier alpha value is -2.51. The third kappa shape index (κ3) is 3.59. The predicted molar refractivity (Wildman–Crippen MR) is 113 cm³/mol. The molecule has 1 atom stereocenters. The molecule has 2 aromatic carbocycles. The molecule has 7 heteroatoms. The quantitative estimate of drug-likeness (QED) is 0.625. The Morgan fingerprint density at radius 1 is 1.18 bits per heavy atom. The van der Waals surface area contributed by atoms with Crippen LogP contribution in [0, 0.1) is 0 Å². The fraction of sp³-hybridized carbons (Fsp3) is 0.286. The number of aromatic nitrogens is 1. The second-order valence-electron chi connectivity index (χ2n) is 6.90. The molecular weight excluding hydrogens is 422 g/mol. The number of methoxy groups -OCH3 is 1. The molecule has 0 spiro atoms. The first-order chi connectivity index (χ1) is 13.6. The van der Waals surface area contributed by atoms with E-state index < -0.39 is 12.0 Å². The predicted octanol–water partition coefficient (Wildman–Crippen LogP) is 3.89. The second-order valence-corrected chi connectivity index (χ2v) is 7.81. The first kappa shape index (κ1) is 18.8. The number of carboxylic acids is 1. The lowest BCUT2D eigenvalue weighted by Crippen LogP contribution is -2.49. The average Bonchev–Trinajstić information content (AvgIpc) is 3.11. The van der Waals surface area contributed by atoms with Crippen molar-refractivity contribution in [2.45, 2.75) is 6.04 Å². The number of halogens is 1. The van der Waals surface area contributed by atoms with E-state index in [-0.39, 0.29) is 0 Å². The van der Waals surface area contributed by atoms with E-state index in [1.54, 1.807) is 7.11 Å². The third-order valence-corrected chi connectivity index (χ3v) is 5.80. The van der Waals surface area contributed by atoms with Gasteiger partial charge in [0.05, 0.1) is 7.11 Å². The number of fused-ring (bicyclic) bond motifs is 1. The highest BCUT2D eigenvalue weighted by Gasteiger charge is 2.32. The van der Waals surface area contributed by atoms with Crippen LogP contribution in [-0.4, -0.2) is 54.2 Å². The summed E-state index contributed by atoms with van der Waals surface area (Å²) in [4.78, 5) is 19.7. The van der Waals surface area contributed by atoms with Crippen molar-refractivity contribution in [2.75, 3.05) is 38.2 Å². The normalized spacial score (nSPS) is 16.3. The monoisotopic (exact) mass is 443 g/mol. The largest absolute Gasteiger partial charge is 0.497 e. The number of hydrogen-bond donors (Lipinski definition) is 2. The second kappa shape index (κ2) is 7.85. The van der Waals surface area contributed by atoms with Crippen LogP contribution in [0.2, 0.25) is 0 Å². The number of H-pyrrole nitrogens is 1. The first-order valence-corrected chi connectivity index (χ1v) is 9.98. The molecule has 0 aliphatic carbocycles. The van der Waals surface area contributed by atoms with Gasteiger partial charge in [0.25, 0.3) is 0 Å². The van der Waals surface area contributed by atoms with Crippen molar-refractivity contribution >= 4 is 38.5 Å². The van der Waals surface area contributed by atoms with Crippen molar-refractivity contribution < 1.29 is 14.6 Å². The summed E-state index contributed by atoms with van der Waals surface area (Å²) in [7, 11) is 1.66. The number of aliphatic carboxylic acids is 1. The Kier molecular flexibility index (Phi) is 5.28. The minimum Gasteiger partial charge on any atom is -0.497 e. The fourth-order valence-electron chi connectivity index (χ4n) is 3.87. The Balaban J connectivity index is 1.55. The van der Waals surface area contributed by atoms with Gasteiger partial charge < -0.3 is 19.7 Å². The van der Waals surface area contributed by atoms with E-state index in [1.807, 2.05) is 47.5 Å². The molecule has 2 N–H and O–H groups in total. The topological polar surface area (TPSA) is 68.8 Å². The summed E-state index contributed by atoms with van der Waals surface area (Å²) in [6, 6.07) is 13.2. The average molecular weight is 444 g/mol. The number of nitrogens with one attached hydrogen (secondary N) is 1. The summed E-state index contributed by atoms with van der Waals surface area (Å²) < 4.78 is 6.25. The van der Waals surface area contributed by atoms with E-state index in [4.69, 9.17) is 4.74 Å². The molecule has 4 rings (SSSR count). The molecule has 0 unspecified atom stereocenters. The van der Waals surface area contributed by atoms with Gasteiger partial charge in [0, 0.05) is 65.1 Å². The molecule has 3 aromatic rings. The molecule has 1 aliphatic rings. The Labute approximate surface area is 171 Å². The molecule has 28 heavy (non-hydrogen) atoms. The van der Waals surface area contributed by atoms with Gasteiger partial charge in [0.1, 0.15) is 11.8 Å². The number of aromatic amines is 1. The standard InChI is InChI=1S/C21H22BrN3O3/c1-28-16-4-2-3-15(12-16)24-7-9-25(10-8-24)20(21(26)27)18-13-23-19-6-5-14(22)11-17(18)19/h2-6,11-13,20,23H,7-10H2,1H3,(H,26,27)/t20-/m0/s1. The van der Waals surface area contributed by atoms with Crippen LogP contribution < -0.4 is 9.64 Å². The lowest BCUT2D eigenvalue weighted by molar-refractivity contribution is -0.143. The van der Waals surface area contributed by atoms with Gasteiger partial charge in [-0.3, -0.25) is 9.69 Å². The van der Waals surface area contributed by atoms with E-state index in [9.17, 15) is 9.90 Å². The van der Waals surface area contributed by atoms with E-state index in [1.165, 1.54) is 0 Å². The molecule has 0 saturated carbocycles. The number of carboxylic acid groups (broad SMARTS) is 1. The third-order valence-electron chi connectivity index (χ3n) is 5.30. The first-order valence-electron chi connectivity index (χ1n) is 9.19. The fourth-order valence-corrected chi connectivity index (χ4v) is 4.23. The van der Waals surface area contributed by atoms with Crippen LogP contribution >= 0.6 is 15.9 Å². The summed E-state index contributed by atoms with van der Waals surface area (Å²) in [5, 5.41) is 10.9. The summed E-state index contributed by atoms with van der Waals surface area (Å²) in [5.41, 5.74) is 2.85. The number of ether oxygens (including phenoxy) is 1. The molecule has 1 saturated heterocycles. The maximum Gasteiger partial charge on any atom is 0.325 e. The summed E-state index contributed by atoms with van der Waals surface area (Å²) in [6.45, 7) is 2.88. The molecule has 0 bridgehead atoms. The summed E-state index contributed by atoms with van der Waals surface area (Å²) in [6.07, 6.45) is 1.82. The van der Waals surface area contributed by atoms with E-state index >= 15 is 0 Å². The molecule has 1 fully saturated rings. The molecule has 146 valence electrons. The molecule has 1 aliphatic heterocycles. The molecule has 1 aromatic heterocycles. The molecule has 6 nitrogen and oxygen atoms in total. The zero-order valence-electron chi connectivity index (χ0n) is 15.6. The Bertz CT molecular complexity index is 995. The van der Waals surface area contributed by atoms with E-state index in [0.717, 1.165) is 45.5 Å². The highest BCUT2D eigenvalue weighted by molar-refractivity contribution is 9.10. The van der Waals surface area contributed by atoms with Crippen LogP contribution in [0.15, 0.2) is 53.1 Å². The van der Waals surface area contributed by atoms with Crippen molar-refractivity contribution in [3.8, 4) is 5.75 Å². The minimum atomic E-state index is -0.823. The number of anilines is 1. The van der Waals surface area contributed by atoms with Gasteiger partial charge in [-0.15, -0.1) is 0 Å². The van der Waals surface area contributed by atoms with Gasteiger partial charge in [-0.1, -0.05) is 22.0 Å². The number of piperazine rings is 1.